The van der Waals surface area contributed by atoms with Gasteiger partial charge in [0.15, 0.2) is 5.78 Å². The monoisotopic (exact) mass is 667 g/mol. The van der Waals surface area contributed by atoms with Crippen LogP contribution in [-0.4, -0.2) is 53.2 Å². The van der Waals surface area contributed by atoms with Crippen molar-refractivity contribution in [2.75, 3.05) is 13.1 Å². The second-order valence-corrected chi connectivity index (χ2v) is 19.7. The largest absolute Gasteiger partial charge is 0.481 e. The van der Waals surface area contributed by atoms with Crippen molar-refractivity contribution in [2.24, 2.45) is 62.1 Å². The molecule has 7 heteroatoms. The van der Waals surface area contributed by atoms with Gasteiger partial charge < -0.3 is 20.3 Å². The zero-order valence-electron chi connectivity index (χ0n) is 31.5. The Morgan fingerprint density at radius 1 is 0.917 bits per heavy atom. The van der Waals surface area contributed by atoms with E-state index in [4.69, 9.17) is 4.74 Å². The van der Waals surface area contributed by atoms with Crippen LogP contribution in [0.4, 0.5) is 0 Å². The minimum Gasteiger partial charge on any atom is -0.481 e. The molecule has 0 aliphatic heterocycles. The molecular formula is C41H65NO6. The van der Waals surface area contributed by atoms with Crippen LogP contribution in [0.15, 0.2) is 11.1 Å². The average molecular weight is 668 g/mol. The lowest BCUT2D eigenvalue weighted by atomic mass is 9.33. The van der Waals surface area contributed by atoms with Crippen molar-refractivity contribution in [3.8, 4) is 0 Å². The molecule has 6 aliphatic rings. The molecule has 0 bridgehead atoms. The number of hydrogen-bond acceptors (Lipinski definition) is 6. The molecule has 0 heterocycles. The number of Topliss-reactive ketones (excluding diaryl/α,β-unsaturated/α-hetero) is 1. The summed E-state index contributed by atoms with van der Waals surface area (Å²) in [6, 6.07) is 0. The average Bonchev–Trinajstić information content (AvgIpc) is 3.74. The van der Waals surface area contributed by atoms with Gasteiger partial charge in [-0.3, -0.25) is 14.4 Å². The predicted octanol–water partition coefficient (Wildman–Crippen LogP) is 7.74. The summed E-state index contributed by atoms with van der Waals surface area (Å²) in [6.45, 7) is 21.3. The number of carbonyl (C=O) groups is 3. The molecule has 5 fully saturated rings. The maximum Gasteiger partial charge on any atom is 0.309 e. The second-order valence-electron chi connectivity index (χ2n) is 19.7. The number of hydrogen-bond donors (Lipinski definition) is 3. The summed E-state index contributed by atoms with van der Waals surface area (Å²) in [5.74, 6) is 0.998. The van der Waals surface area contributed by atoms with Crippen LogP contribution < -0.4 is 5.32 Å². The van der Waals surface area contributed by atoms with Crippen LogP contribution in [0.5, 0.6) is 0 Å². The molecule has 0 radical (unpaired) electrons. The first-order valence-electron chi connectivity index (χ1n) is 19.3. The second kappa shape index (κ2) is 11.9. The van der Waals surface area contributed by atoms with Gasteiger partial charge in [-0.1, -0.05) is 54.0 Å². The first-order valence-corrected chi connectivity index (χ1v) is 19.3. The Balaban J connectivity index is 1.27. The number of carboxylic acid groups (broad SMARTS) is 1. The van der Waals surface area contributed by atoms with E-state index in [1.807, 2.05) is 0 Å². The van der Waals surface area contributed by atoms with E-state index in [9.17, 15) is 24.6 Å². The van der Waals surface area contributed by atoms with Crippen LogP contribution in [0.3, 0.4) is 0 Å². The van der Waals surface area contributed by atoms with Crippen molar-refractivity contribution < 1.29 is 29.3 Å². The molecule has 9 atom stereocenters. The van der Waals surface area contributed by atoms with Crippen molar-refractivity contribution in [1.29, 1.82) is 0 Å². The van der Waals surface area contributed by atoms with E-state index in [0.29, 0.717) is 30.7 Å². The van der Waals surface area contributed by atoms with E-state index in [1.54, 1.807) is 13.8 Å². The lowest BCUT2D eigenvalue weighted by Gasteiger charge is -2.72. The van der Waals surface area contributed by atoms with Crippen LogP contribution in [0.2, 0.25) is 0 Å². The molecule has 5 saturated carbocycles. The summed E-state index contributed by atoms with van der Waals surface area (Å²) in [6.07, 6.45) is 10.2. The molecule has 0 aromatic rings. The number of aliphatic hydroxyl groups is 1. The normalized spacial score (nSPS) is 41.3. The molecule has 6 rings (SSSR count). The van der Waals surface area contributed by atoms with Crippen molar-refractivity contribution in [2.45, 2.75) is 152 Å². The molecule has 2 unspecified atom stereocenters. The number of carbonyl (C=O) groups excluding carboxylic acids is 2. The first kappa shape index (κ1) is 36.1. The number of aliphatic hydroxyl groups excluding tert-OH is 1. The molecule has 270 valence electrons. The molecule has 48 heavy (non-hydrogen) atoms. The van der Waals surface area contributed by atoms with Gasteiger partial charge in [0, 0.05) is 23.8 Å². The maximum atomic E-state index is 13.9. The molecule has 0 aromatic carbocycles. The Labute approximate surface area is 289 Å². The van der Waals surface area contributed by atoms with Gasteiger partial charge in [0.2, 0.25) is 0 Å². The zero-order valence-corrected chi connectivity index (χ0v) is 31.5. The minimum atomic E-state index is -1.15. The minimum absolute atomic E-state index is 0.0323. The summed E-state index contributed by atoms with van der Waals surface area (Å²) in [4.78, 5) is 38.7. The number of ether oxygens (including phenoxy) is 1. The fourth-order valence-electron chi connectivity index (χ4n) is 12.9. The summed E-state index contributed by atoms with van der Waals surface area (Å²) < 4.78 is 6.15. The van der Waals surface area contributed by atoms with Gasteiger partial charge in [-0.05, 0) is 136 Å². The number of esters is 1. The quantitative estimate of drug-likeness (QED) is 0.204. The van der Waals surface area contributed by atoms with E-state index in [2.05, 4.69) is 53.8 Å². The molecule has 0 amide bonds. The molecule has 0 aromatic heterocycles. The lowest BCUT2D eigenvalue weighted by molar-refractivity contribution is -0.235. The van der Waals surface area contributed by atoms with E-state index < -0.39 is 28.9 Å². The number of fused-ring (bicyclic) bond motifs is 7. The van der Waals surface area contributed by atoms with E-state index in [-0.39, 0.29) is 45.9 Å². The first-order chi connectivity index (χ1) is 22.2. The van der Waals surface area contributed by atoms with Gasteiger partial charge in [0.1, 0.15) is 6.10 Å². The molecule has 0 spiro atoms. The lowest BCUT2D eigenvalue weighted by Crippen LogP contribution is -2.66. The third-order valence-electron chi connectivity index (χ3n) is 16.0. The van der Waals surface area contributed by atoms with Crippen LogP contribution in [-0.2, 0) is 19.1 Å². The smallest absolute Gasteiger partial charge is 0.309 e. The van der Waals surface area contributed by atoms with E-state index in [1.165, 1.54) is 18.4 Å². The van der Waals surface area contributed by atoms with Crippen molar-refractivity contribution in [1.82, 2.24) is 5.32 Å². The van der Waals surface area contributed by atoms with Crippen LogP contribution >= 0.6 is 0 Å². The van der Waals surface area contributed by atoms with Gasteiger partial charge in [-0.25, -0.2) is 0 Å². The Morgan fingerprint density at radius 3 is 2.23 bits per heavy atom. The fourth-order valence-corrected chi connectivity index (χ4v) is 12.9. The highest BCUT2D eigenvalue weighted by atomic mass is 16.5. The fraction of sp³-hybridized carbons (Fsp3) is 0.878. The molecule has 3 N–H and O–H groups in total. The van der Waals surface area contributed by atoms with Crippen molar-refractivity contribution in [3.05, 3.63) is 11.1 Å². The molecular weight excluding hydrogens is 602 g/mol. The number of aliphatic carboxylic acids is 1. The van der Waals surface area contributed by atoms with Gasteiger partial charge >= 0.3 is 11.9 Å². The van der Waals surface area contributed by atoms with Crippen molar-refractivity contribution in [3.63, 3.8) is 0 Å². The third-order valence-corrected chi connectivity index (χ3v) is 16.0. The topological polar surface area (TPSA) is 113 Å². The van der Waals surface area contributed by atoms with E-state index >= 15 is 0 Å². The van der Waals surface area contributed by atoms with Gasteiger partial charge in [-0.2, -0.15) is 0 Å². The van der Waals surface area contributed by atoms with Crippen molar-refractivity contribution >= 4 is 17.7 Å². The van der Waals surface area contributed by atoms with Crippen LogP contribution in [0, 0.1) is 62.1 Å². The summed E-state index contributed by atoms with van der Waals surface area (Å²) in [7, 11) is 0. The highest BCUT2D eigenvalue weighted by Crippen LogP contribution is 2.77. The standard InChI is InChI=1S/C41H65NO6/c1-24(2)33-27(43)20-41(30(44)23-42-22-25-10-11-25)19-18-39(8)26(34(33)41)12-13-29-38(7)16-15-31(48-32(45)21-36(3,4)35(46)47)37(5,6)28(38)14-17-40(29,39)9/h24-26,28-31,42,44H,10-23H2,1-9H3,(H,46,47)/t26-,28?,29?,30-,31+,38+,39-,40-,41+/m1/s1. The maximum absolute atomic E-state index is 13.9. The highest BCUT2D eigenvalue weighted by molar-refractivity contribution is 6.00. The molecule has 0 saturated heterocycles. The third kappa shape index (κ3) is 5.37. The summed E-state index contributed by atoms with van der Waals surface area (Å²) in [5, 5.41) is 25.1. The number of nitrogens with one attached hydrogen (secondary N) is 1. The zero-order chi connectivity index (χ0) is 35.2. The number of rotatable bonds is 10. The Morgan fingerprint density at radius 2 is 1.60 bits per heavy atom. The Hall–Kier alpha value is -1.73. The SMILES string of the molecule is CC(C)C1=C2[C@H]3CCC4[C@@]5(C)CC[C@H](OC(=O)CC(C)(C)C(=O)O)C(C)(C)C5CC[C@@]4(C)[C@]3(C)CC[C@@]2([C@H](O)CNCC2CC2)CC1=O. The van der Waals surface area contributed by atoms with E-state index in [0.717, 1.165) is 69.4 Å². The number of carboxylic acids is 1. The molecule has 7 nitrogen and oxygen atoms in total. The van der Waals surface area contributed by atoms with Gasteiger partial charge in [-0.15, -0.1) is 0 Å². The van der Waals surface area contributed by atoms with Crippen LogP contribution in [0.25, 0.3) is 0 Å². The predicted molar refractivity (Wildman–Crippen MR) is 187 cm³/mol. The molecule has 6 aliphatic carbocycles. The van der Waals surface area contributed by atoms with Gasteiger partial charge in [0.25, 0.3) is 0 Å². The summed E-state index contributed by atoms with van der Waals surface area (Å²) >= 11 is 0. The van der Waals surface area contributed by atoms with Gasteiger partial charge in [0.05, 0.1) is 17.9 Å². The summed E-state index contributed by atoms with van der Waals surface area (Å²) in [5.41, 5.74) is 0.766. The Bertz CT molecular complexity index is 1360. The number of allylic oxidation sites excluding steroid dienone is 1. The van der Waals surface area contributed by atoms with Crippen LogP contribution in [0.1, 0.15) is 139 Å². The Kier molecular flexibility index (Phi) is 8.96. The number of ketones is 1. The highest BCUT2D eigenvalue weighted by Gasteiger charge is 2.70.